The highest BCUT2D eigenvalue weighted by Gasteiger charge is 2.30. The number of nitrogens with zero attached hydrogens (tertiary/aromatic N) is 3. The molecule has 1 saturated heterocycles. The molecule has 2 fully saturated rings. The van der Waals surface area contributed by atoms with Crippen molar-refractivity contribution < 1.29 is 19.1 Å². The van der Waals surface area contributed by atoms with Crippen LogP contribution in [0.15, 0.2) is 47.3 Å². The van der Waals surface area contributed by atoms with Crippen LogP contribution in [0.1, 0.15) is 44.0 Å². The number of fused-ring (bicyclic) bond motifs is 2. The zero-order valence-electron chi connectivity index (χ0n) is 19.9. The van der Waals surface area contributed by atoms with Crippen LogP contribution in [-0.2, 0) is 16.0 Å². The van der Waals surface area contributed by atoms with E-state index in [0.29, 0.717) is 72.7 Å². The minimum absolute atomic E-state index is 0.0140. The largest absolute Gasteiger partial charge is 0.454 e. The highest BCUT2D eigenvalue weighted by atomic mass is 16.7. The SMILES string of the molecule is O=C(Nc1ccc2c(c1)OCO2)C1CCN(C(=O)CCc2nc3ccccc3c(=O)n2C2CC2)CC1. The van der Waals surface area contributed by atoms with Crippen molar-refractivity contribution >= 4 is 28.4 Å². The second-order valence-electron chi connectivity index (χ2n) is 9.66. The number of ether oxygens (including phenoxy) is 2. The van der Waals surface area contributed by atoms with Crippen molar-refractivity contribution in [2.75, 3.05) is 25.2 Å². The fourth-order valence-corrected chi connectivity index (χ4v) is 5.06. The monoisotopic (exact) mass is 488 g/mol. The van der Waals surface area contributed by atoms with Crippen molar-refractivity contribution in [3.8, 4) is 11.5 Å². The first-order valence-electron chi connectivity index (χ1n) is 12.6. The fourth-order valence-electron chi connectivity index (χ4n) is 5.06. The summed E-state index contributed by atoms with van der Waals surface area (Å²) in [6.45, 7) is 1.27. The maximum atomic E-state index is 13.0. The zero-order valence-corrected chi connectivity index (χ0v) is 19.9. The van der Waals surface area contributed by atoms with Gasteiger partial charge in [-0.15, -0.1) is 0 Å². The number of para-hydroxylation sites is 1. The number of carbonyl (C=O) groups excluding carboxylic acids is 2. The summed E-state index contributed by atoms with van der Waals surface area (Å²) in [7, 11) is 0. The zero-order chi connectivity index (χ0) is 24.6. The summed E-state index contributed by atoms with van der Waals surface area (Å²) in [5, 5.41) is 3.58. The van der Waals surface area contributed by atoms with Crippen LogP contribution in [0.5, 0.6) is 11.5 Å². The number of benzene rings is 2. The van der Waals surface area contributed by atoms with Crippen LogP contribution in [0.2, 0.25) is 0 Å². The lowest BCUT2D eigenvalue weighted by Crippen LogP contribution is -2.41. The maximum absolute atomic E-state index is 13.0. The molecule has 0 radical (unpaired) electrons. The van der Waals surface area contributed by atoms with Crippen LogP contribution in [-0.4, -0.2) is 46.1 Å². The van der Waals surface area contributed by atoms with Crippen molar-refractivity contribution in [2.24, 2.45) is 5.92 Å². The molecule has 1 aromatic heterocycles. The molecule has 3 heterocycles. The summed E-state index contributed by atoms with van der Waals surface area (Å²) < 4.78 is 12.5. The Morgan fingerprint density at radius 2 is 1.78 bits per heavy atom. The van der Waals surface area contributed by atoms with E-state index in [9.17, 15) is 14.4 Å². The molecule has 1 aliphatic carbocycles. The van der Waals surface area contributed by atoms with Crippen LogP contribution in [0.4, 0.5) is 5.69 Å². The van der Waals surface area contributed by atoms with Gasteiger partial charge in [-0.1, -0.05) is 12.1 Å². The Morgan fingerprint density at radius 3 is 2.58 bits per heavy atom. The van der Waals surface area contributed by atoms with E-state index in [4.69, 9.17) is 14.5 Å². The summed E-state index contributed by atoms with van der Waals surface area (Å²) in [6, 6.07) is 12.9. The van der Waals surface area contributed by atoms with Gasteiger partial charge in [-0.25, -0.2) is 4.98 Å². The van der Waals surface area contributed by atoms with E-state index in [1.165, 1.54) is 0 Å². The van der Waals surface area contributed by atoms with Gasteiger partial charge >= 0.3 is 0 Å². The maximum Gasteiger partial charge on any atom is 0.261 e. The molecule has 2 aromatic carbocycles. The molecular formula is C27H28N4O5. The summed E-state index contributed by atoms with van der Waals surface area (Å²) in [5.74, 6) is 1.83. The number of likely N-dealkylation sites (tertiary alicyclic amines) is 1. The Hall–Kier alpha value is -3.88. The van der Waals surface area contributed by atoms with E-state index >= 15 is 0 Å². The molecular weight excluding hydrogens is 460 g/mol. The number of nitrogens with one attached hydrogen (secondary N) is 1. The number of anilines is 1. The second kappa shape index (κ2) is 9.29. The standard InChI is InChI=1S/C27H28N4O5/c32-25(10-9-24-29-21-4-2-1-3-20(21)27(34)31(24)19-6-7-19)30-13-11-17(12-14-30)26(33)28-18-5-8-22-23(15-18)36-16-35-22/h1-5,8,15,17,19H,6-7,9-14,16H2,(H,28,33). The molecule has 1 saturated carbocycles. The summed E-state index contributed by atoms with van der Waals surface area (Å²) >= 11 is 0. The molecule has 36 heavy (non-hydrogen) atoms. The van der Waals surface area contributed by atoms with Crippen LogP contribution < -0.4 is 20.3 Å². The third-order valence-corrected chi connectivity index (χ3v) is 7.21. The molecule has 0 bridgehead atoms. The Bertz CT molecular complexity index is 1390. The minimum atomic E-state index is -0.151. The lowest BCUT2D eigenvalue weighted by Gasteiger charge is -2.31. The van der Waals surface area contributed by atoms with Gasteiger partial charge in [0.15, 0.2) is 11.5 Å². The first-order valence-corrected chi connectivity index (χ1v) is 12.6. The number of piperidine rings is 1. The van der Waals surface area contributed by atoms with Crippen molar-refractivity contribution in [1.82, 2.24) is 14.5 Å². The van der Waals surface area contributed by atoms with Gasteiger partial charge in [0.2, 0.25) is 18.6 Å². The summed E-state index contributed by atoms with van der Waals surface area (Å²) in [5.41, 5.74) is 1.34. The van der Waals surface area contributed by atoms with Crippen molar-refractivity contribution in [3.05, 3.63) is 58.6 Å². The first-order chi connectivity index (χ1) is 17.6. The van der Waals surface area contributed by atoms with Gasteiger partial charge in [0, 0.05) is 49.6 Å². The van der Waals surface area contributed by atoms with E-state index < -0.39 is 0 Å². The summed E-state index contributed by atoms with van der Waals surface area (Å²) in [4.78, 5) is 45.3. The predicted molar refractivity (Wildman–Crippen MR) is 133 cm³/mol. The third-order valence-electron chi connectivity index (χ3n) is 7.21. The Morgan fingerprint density at radius 1 is 1.00 bits per heavy atom. The Kier molecular flexibility index (Phi) is 5.83. The second-order valence-corrected chi connectivity index (χ2v) is 9.66. The number of aromatic nitrogens is 2. The average molecular weight is 489 g/mol. The third kappa shape index (κ3) is 4.41. The molecule has 6 rings (SSSR count). The minimum Gasteiger partial charge on any atom is -0.454 e. The van der Waals surface area contributed by atoms with Gasteiger partial charge in [0.05, 0.1) is 10.9 Å². The number of rotatable bonds is 6. The van der Waals surface area contributed by atoms with E-state index in [2.05, 4.69) is 5.32 Å². The number of amides is 2. The van der Waals surface area contributed by atoms with Gasteiger partial charge in [-0.3, -0.25) is 19.0 Å². The molecule has 0 atom stereocenters. The van der Waals surface area contributed by atoms with E-state index in [0.717, 1.165) is 12.8 Å². The molecule has 2 aliphatic heterocycles. The van der Waals surface area contributed by atoms with Crippen LogP contribution in [0.25, 0.3) is 10.9 Å². The van der Waals surface area contributed by atoms with Crippen LogP contribution >= 0.6 is 0 Å². The molecule has 0 unspecified atom stereocenters. The van der Waals surface area contributed by atoms with E-state index in [1.54, 1.807) is 22.8 Å². The molecule has 3 aromatic rings. The first kappa shape index (κ1) is 22.6. The van der Waals surface area contributed by atoms with Gasteiger partial charge in [-0.05, 0) is 49.9 Å². The Labute approximate surface area is 208 Å². The van der Waals surface area contributed by atoms with Gasteiger partial charge < -0.3 is 19.7 Å². The number of carbonyl (C=O) groups is 2. The molecule has 186 valence electrons. The highest BCUT2D eigenvalue weighted by Crippen LogP contribution is 2.35. The number of aryl methyl sites for hydroxylation is 1. The molecule has 9 nitrogen and oxygen atoms in total. The van der Waals surface area contributed by atoms with Crippen LogP contribution in [0, 0.1) is 5.92 Å². The topological polar surface area (TPSA) is 103 Å². The molecule has 2 amide bonds. The van der Waals surface area contributed by atoms with Crippen molar-refractivity contribution in [3.63, 3.8) is 0 Å². The normalized spacial score (nSPS) is 17.4. The lowest BCUT2D eigenvalue weighted by atomic mass is 9.95. The predicted octanol–water partition coefficient (Wildman–Crippen LogP) is 3.27. The molecule has 3 aliphatic rings. The highest BCUT2D eigenvalue weighted by molar-refractivity contribution is 5.93. The fraction of sp³-hybridized carbons (Fsp3) is 0.407. The molecule has 0 spiro atoms. The lowest BCUT2D eigenvalue weighted by molar-refractivity contribution is -0.134. The van der Waals surface area contributed by atoms with Gasteiger partial charge in [0.25, 0.3) is 5.56 Å². The quantitative estimate of drug-likeness (QED) is 0.571. The average Bonchev–Trinajstić information content (AvgIpc) is 3.63. The Balaban J connectivity index is 1.05. The number of hydrogen-bond donors (Lipinski definition) is 1. The molecule has 1 N–H and O–H groups in total. The van der Waals surface area contributed by atoms with E-state index in [1.807, 2.05) is 29.2 Å². The smallest absolute Gasteiger partial charge is 0.261 e. The van der Waals surface area contributed by atoms with Gasteiger partial charge in [-0.2, -0.15) is 0 Å². The van der Waals surface area contributed by atoms with E-state index in [-0.39, 0.29) is 36.1 Å². The van der Waals surface area contributed by atoms with Gasteiger partial charge in [0.1, 0.15) is 5.82 Å². The summed E-state index contributed by atoms with van der Waals surface area (Å²) in [6.07, 6.45) is 3.91. The molecule has 9 heteroatoms. The van der Waals surface area contributed by atoms with Crippen molar-refractivity contribution in [2.45, 2.75) is 44.6 Å². The van der Waals surface area contributed by atoms with Crippen LogP contribution in [0.3, 0.4) is 0 Å². The number of hydrogen-bond acceptors (Lipinski definition) is 6. The van der Waals surface area contributed by atoms with Crippen molar-refractivity contribution in [1.29, 1.82) is 0 Å².